The fourth-order valence-corrected chi connectivity index (χ4v) is 4.55. The fourth-order valence-electron chi connectivity index (χ4n) is 3.64. The molecule has 3 aromatic carbocycles. The average molecular weight is 509 g/mol. The van der Waals surface area contributed by atoms with Crippen molar-refractivity contribution < 1.29 is 9.59 Å². The van der Waals surface area contributed by atoms with Crippen molar-refractivity contribution in [3.63, 3.8) is 0 Å². The molecule has 0 saturated carbocycles. The summed E-state index contributed by atoms with van der Waals surface area (Å²) in [5.74, 6) is 0.0287. The van der Waals surface area contributed by atoms with Gasteiger partial charge in [0.05, 0.1) is 5.75 Å². The van der Waals surface area contributed by atoms with Gasteiger partial charge in [0, 0.05) is 28.9 Å². The number of hydrogen-bond acceptors (Lipinski definition) is 3. The van der Waals surface area contributed by atoms with Gasteiger partial charge in [0.25, 0.3) is 0 Å². The highest BCUT2D eigenvalue weighted by Gasteiger charge is 2.31. The van der Waals surface area contributed by atoms with Crippen LogP contribution in [0.15, 0.2) is 83.8 Å². The maximum absolute atomic E-state index is 13.6. The van der Waals surface area contributed by atoms with E-state index in [4.69, 9.17) is 11.6 Å². The van der Waals surface area contributed by atoms with Gasteiger partial charge in [-0.1, -0.05) is 78.7 Å². The van der Waals surface area contributed by atoms with Gasteiger partial charge in [-0.05, 0) is 55.7 Å². The summed E-state index contributed by atoms with van der Waals surface area (Å²) in [7, 11) is 0. The molecular weight excluding hydrogens is 476 g/mol. The topological polar surface area (TPSA) is 49.4 Å². The number of carbonyl (C=O) groups is 2. The van der Waals surface area contributed by atoms with Gasteiger partial charge in [0.2, 0.25) is 11.8 Å². The van der Waals surface area contributed by atoms with Crippen LogP contribution in [-0.4, -0.2) is 34.6 Å². The molecule has 4 nitrogen and oxygen atoms in total. The van der Waals surface area contributed by atoms with Crippen LogP contribution in [0.1, 0.15) is 37.0 Å². The number of nitrogens with one attached hydrogen (secondary N) is 1. The van der Waals surface area contributed by atoms with E-state index < -0.39 is 6.04 Å². The van der Waals surface area contributed by atoms with Crippen molar-refractivity contribution >= 4 is 35.2 Å². The minimum absolute atomic E-state index is 0.0283. The van der Waals surface area contributed by atoms with Crippen molar-refractivity contribution in [1.82, 2.24) is 10.2 Å². The molecule has 0 aliphatic heterocycles. The van der Waals surface area contributed by atoms with E-state index >= 15 is 0 Å². The third kappa shape index (κ3) is 8.44. The van der Waals surface area contributed by atoms with Crippen LogP contribution in [-0.2, 0) is 22.6 Å². The minimum Gasteiger partial charge on any atom is -0.352 e. The lowest BCUT2D eigenvalue weighted by atomic mass is 10.0. The quantitative estimate of drug-likeness (QED) is 0.309. The van der Waals surface area contributed by atoms with E-state index in [1.54, 1.807) is 4.90 Å². The van der Waals surface area contributed by atoms with Crippen molar-refractivity contribution in [3.8, 4) is 0 Å². The van der Waals surface area contributed by atoms with Crippen molar-refractivity contribution in [3.05, 3.63) is 101 Å². The molecule has 35 heavy (non-hydrogen) atoms. The Bertz CT molecular complexity index is 1090. The van der Waals surface area contributed by atoms with Gasteiger partial charge in [0.1, 0.15) is 6.04 Å². The molecule has 0 fully saturated rings. The standard InChI is InChI=1S/C29H33ClN2O2S/c1-4-22(3)31-29(34)27(18-23-8-6-5-7-9-23)32(19-24-12-10-21(2)11-13-24)28(33)20-35-26-16-14-25(30)15-17-26/h5-17,22,27H,4,18-20H2,1-3H3,(H,31,34)/t22-,27+/m0/s1. The summed E-state index contributed by atoms with van der Waals surface area (Å²) in [6, 6.07) is 24.8. The summed E-state index contributed by atoms with van der Waals surface area (Å²) in [5, 5.41) is 3.76. The molecule has 3 aromatic rings. The lowest BCUT2D eigenvalue weighted by Gasteiger charge is -2.32. The molecule has 6 heteroatoms. The molecule has 2 atom stereocenters. The lowest BCUT2D eigenvalue weighted by molar-refractivity contribution is -0.139. The maximum Gasteiger partial charge on any atom is 0.243 e. The van der Waals surface area contributed by atoms with Gasteiger partial charge in [-0.2, -0.15) is 0 Å². The first kappa shape index (κ1) is 26.8. The number of hydrogen-bond donors (Lipinski definition) is 1. The molecular formula is C29H33ClN2O2S. The van der Waals surface area contributed by atoms with Crippen LogP contribution >= 0.6 is 23.4 Å². The van der Waals surface area contributed by atoms with E-state index in [2.05, 4.69) is 5.32 Å². The summed E-state index contributed by atoms with van der Waals surface area (Å²) >= 11 is 7.45. The monoisotopic (exact) mass is 508 g/mol. The zero-order valence-electron chi connectivity index (χ0n) is 20.5. The first-order valence-corrected chi connectivity index (χ1v) is 13.3. The molecule has 0 aliphatic carbocycles. The maximum atomic E-state index is 13.6. The summed E-state index contributed by atoms with van der Waals surface area (Å²) in [5.41, 5.74) is 3.17. The Morgan fingerprint density at radius 1 is 0.943 bits per heavy atom. The summed E-state index contributed by atoms with van der Waals surface area (Å²) < 4.78 is 0. The van der Waals surface area contributed by atoms with Gasteiger partial charge >= 0.3 is 0 Å². The minimum atomic E-state index is -0.619. The summed E-state index contributed by atoms with van der Waals surface area (Å²) in [6.45, 7) is 6.42. The number of thioether (sulfide) groups is 1. The van der Waals surface area contributed by atoms with E-state index in [1.807, 2.05) is 99.6 Å². The van der Waals surface area contributed by atoms with E-state index in [1.165, 1.54) is 11.8 Å². The number of benzene rings is 3. The number of carbonyl (C=O) groups excluding carboxylic acids is 2. The molecule has 1 N–H and O–H groups in total. The zero-order chi connectivity index (χ0) is 25.2. The number of amides is 2. The van der Waals surface area contributed by atoms with Crippen LogP contribution in [0.25, 0.3) is 0 Å². The Kier molecular flexibility index (Phi) is 10.2. The van der Waals surface area contributed by atoms with E-state index in [-0.39, 0.29) is 23.6 Å². The highest BCUT2D eigenvalue weighted by Crippen LogP contribution is 2.23. The van der Waals surface area contributed by atoms with Gasteiger partial charge in [-0.3, -0.25) is 9.59 Å². The lowest BCUT2D eigenvalue weighted by Crippen LogP contribution is -2.52. The Hall–Kier alpha value is -2.76. The summed E-state index contributed by atoms with van der Waals surface area (Å²) in [6.07, 6.45) is 1.27. The molecule has 0 unspecified atom stereocenters. The molecule has 0 spiro atoms. The van der Waals surface area contributed by atoms with Crippen LogP contribution in [0.2, 0.25) is 5.02 Å². The molecule has 0 aromatic heterocycles. The summed E-state index contributed by atoms with van der Waals surface area (Å²) in [4.78, 5) is 29.8. The van der Waals surface area contributed by atoms with Gasteiger partial charge < -0.3 is 10.2 Å². The first-order valence-electron chi connectivity index (χ1n) is 11.9. The Labute approximate surface area is 218 Å². The fraction of sp³-hybridized carbons (Fsp3) is 0.310. The largest absolute Gasteiger partial charge is 0.352 e. The van der Waals surface area contributed by atoms with Crippen molar-refractivity contribution in [1.29, 1.82) is 0 Å². The second-order valence-corrected chi connectivity index (χ2v) is 10.3. The smallest absolute Gasteiger partial charge is 0.243 e. The van der Waals surface area contributed by atoms with Gasteiger partial charge in [-0.15, -0.1) is 11.8 Å². The van der Waals surface area contributed by atoms with E-state index in [0.717, 1.165) is 28.0 Å². The van der Waals surface area contributed by atoms with Crippen LogP contribution in [0, 0.1) is 6.92 Å². The average Bonchev–Trinajstić information content (AvgIpc) is 2.87. The number of nitrogens with zero attached hydrogens (tertiary/aromatic N) is 1. The number of rotatable bonds is 11. The van der Waals surface area contributed by atoms with Crippen molar-refractivity contribution in [2.75, 3.05) is 5.75 Å². The van der Waals surface area contributed by atoms with Crippen LogP contribution in [0.3, 0.4) is 0 Å². The Morgan fingerprint density at radius 3 is 2.23 bits per heavy atom. The van der Waals surface area contributed by atoms with E-state index in [9.17, 15) is 9.59 Å². The van der Waals surface area contributed by atoms with Crippen LogP contribution < -0.4 is 5.32 Å². The third-order valence-electron chi connectivity index (χ3n) is 5.92. The molecule has 0 heterocycles. The molecule has 3 rings (SSSR count). The highest BCUT2D eigenvalue weighted by atomic mass is 35.5. The molecule has 2 amide bonds. The van der Waals surface area contributed by atoms with Crippen LogP contribution in [0.5, 0.6) is 0 Å². The Balaban J connectivity index is 1.89. The second kappa shape index (κ2) is 13.4. The van der Waals surface area contributed by atoms with Gasteiger partial charge in [-0.25, -0.2) is 0 Å². The predicted octanol–water partition coefficient (Wildman–Crippen LogP) is 6.30. The molecule has 0 saturated heterocycles. The first-order chi connectivity index (χ1) is 16.9. The van der Waals surface area contributed by atoms with Crippen LogP contribution in [0.4, 0.5) is 0 Å². The highest BCUT2D eigenvalue weighted by molar-refractivity contribution is 8.00. The van der Waals surface area contributed by atoms with Crippen molar-refractivity contribution in [2.45, 2.75) is 57.1 Å². The second-order valence-electron chi connectivity index (χ2n) is 8.77. The van der Waals surface area contributed by atoms with E-state index in [0.29, 0.717) is 18.0 Å². The SMILES string of the molecule is CC[C@H](C)NC(=O)[C@@H](Cc1ccccc1)N(Cc1ccc(C)cc1)C(=O)CSc1ccc(Cl)cc1. The molecule has 0 bridgehead atoms. The molecule has 0 aliphatic rings. The molecule has 184 valence electrons. The number of aryl methyl sites for hydroxylation is 1. The number of halogens is 1. The normalized spacial score (nSPS) is 12.6. The Morgan fingerprint density at radius 2 is 1.60 bits per heavy atom. The predicted molar refractivity (Wildman–Crippen MR) is 146 cm³/mol. The third-order valence-corrected chi connectivity index (χ3v) is 7.17. The zero-order valence-corrected chi connectivity index (χ0v) is 22.1. The van der Waals surface area contributed by atoms with Gasteiger partial charge in [0.15, 0.2) is 0 Å². The molecule has 0 radical (unpaired) electrons. The van der Waals surface area contributed by atoms with Crippen molar-refractivity contribution in [2.24, 2.45) is 0 Å².